The van der Waals surface area contributed by atoms with E-state index in [9.17, 15) is 27.2 Å². The molecule has 3 amide bonds. The molecule has 0 radical (unpaired) electrons. The lowest BCUT2D eigenvalue weighted by Gasteiger charge is -2.39. The van der Waals surface area contributed by atoms with Crippen LogP contribution >= 0.6 is 11.6 Å². The van der Waals surface area contributed by atoms with E-state index in [1.54, 1.807) is 9.80 Å². The summed E-state index contributed by atoms with van der Waals surface area (Å²) >= 11 is 6.02. The minimum Gasteiger partial charge on any atom is -0.338 e. The molecule has 0 unspecified atom stereocenters. The molecular formula is C23H22ClF4N3O2. The Kier molecular flexibility index (Phi) is 6.26. The van der Waals surface area contributed by atoms with Crippen LogP contribution in [0.2, 0.25) is 5.02 Å². The number of piperidine rings is 1. The zero-order chi connectivity index (χ0) is 23.8. The van der Waals surface area contributed by atoms with Gasteiger partial charge in [0.25, 0.3) is 5.91 Å². The van der Waals surface area contributed by atoms with Crippen LogP contribution in [0.4, 0.5) is 28.0 Å². The summed E-state index contributed by atoms with van der Waals surface area (Å²) in [6.45, 7) is 1.86. The molecule has 33 heavy (non-hydrogen) atoms. The van der Waals surface area contributed by atoms with E-state index in [1.807, 2.05) is 0 Å². The van der Waals surface area contributed by atoms with Gasteiger partial charge in [-0.05, 0) is 61.1 Å². The molecule has 2 heterocycles. The highest BCUT2D eigenvalue weighted by molar-refractivity contribution is 6.33. The van der Waals surface area contributed by atoms with Crippen molar-refractivity contribution >= 4 is 29.2 Å². The average molecular weight is 484 g/mol. The van der Waals surface area contributed by atoms with E-state index in [1.165, 1.54) is 30.3 Å². The number of nitrogens with one attached hydrogen (secondary N) is 1. The van der Waals surface area contributed by atoms with Crippen molar-refractivity contribution < 1.29 is 27.2 Å². The number of carbonyl (C=O) groups excluding carboxylic acids is 2. The smallest absolute Gasteiger partial charge is 0.338 e. The Balaban J connectivity index is 1.33. The van der Waals surface area contributed by atoms with Gasteiger partial charge in [0.15, 0.2) is 0 Å². The van der Waals surface area contributed by atoms with Gasteiger partial charge in [-0.3, -0.25) is 4.79 Å². The Bertz CT molecular complexity index is 1030. The number of rotatable bonds is 2. The number of urea groups is 1. The first-order valence-corrected chi connectivity index (χ1v) is 10.9. The Morgan fingerprint density at radius 1 is 0.939 bits per heavy atom. The number of benzene rings is 2. The monoisotopic (exact) mass is 483 g/mol. The number of amides is 3. The van der Waals surface area contributed by atoms with Crippen molar-refractivity contribution in [2.45, 2.75) is 25.4 Å². The molecule has 0 aromatic heterocycles. The lowest BCUT2D eigenvalue weighted by Crippen LogP contribution is -2.45. The Morgan fingerprint density at radius 3 is 2.12 bits per heavy atom. The second kappa shape index (κ2) is 8.85. The highest BCUT2D eigenvalue weighted by Crippen LogP contribution is 2.41. The van der Waals surface area contributed by atoms with Crippen molar-refractivity contribution in [1.29, 1.82) is 0 Å². The van der Waals surface area contributed by atoms with Crippen LogP contribution in [0.3, 0.4) is 0 Å². The Labute approximate surface area is 193 Å². The number of carbonyl (C=O) groups is 2. The molecule has 176 valence electrons. The highest BCUT2D eigenvalue weighted by Gasteiger charge is 2.43. The van der Waals surface area contributed by atoms with E-state index < -0.39 is 23.5 Å². The second-order valence-corrected chi connectivity index (χ2v) is 8.97. The Hall–Kier alpha value is -2.81. The zero-order valence-corrected chi connectivity index (χ0v) is 18.3. The highest BCUT2D eigenvalue weighted by atomic mass is 35.5. The third-order valence-corrected chi connectivity index (χ3v) is 6.79. The lowest BCUT2D eigenvalue weighted by atomic mass is 9.77. The van der Waals surface area contributed by atoms with Gasteiger partial charge in [-0.2, -0.15) is 13.2 Å². The quantitative estimate of drug-likeness (QED) is 0.560. The standard InChI is InChI=1S/C23H22ClF4N3O2/c24-17-2-1-3-18(25)19(17)20(32)30-11-8-22(9-12-30)10-13-31(14-22)21(33)29-16-6-4-15(5-7-16)23(26,27)28/h1-7H,8-14H2,(H,29,33). The van der Waals surface area contributed by atoms with Crippen molar-refractivity contribution in [2.75, 3.05) is 31.5 Å². The predicted octanol–water partition coefficient (Wildman–Crippen LogP) is 5.66. The molecule has 1 spiro atoms. The summed E-state index contributed by atoms with van der Waals surface area (Å²) in [7, 11) is 0. The van der Waals surface area contributed by atoms with E-state index in [0.717, 1.165) is 18.6 Å². The molecule has 0 saturated carbocycles. The molecule has 0 bridgehead atoms. The number of hydrogen-bond acceptors (Lipinski definition) is 2. The summed E-state index contributed by atoms with van der Waals surface area (Å²) in [5.74, 6) is -1.09. The molecule has 2 aromatic carbocycles. The fourth-order valence-corrected chi connectivity index (χ4v) is 4.75. The van der Waals surface area contributed by atoms with Gasteiger partial charge in [-0.15, -0.1) is 0 Å². The number of hydrogen-bond donors (Lipinski definition) is 1. The van der Waals surface area contributed by atoms with E-state index in [0.29, 0.717) is 39.0 Å². The number of nitrogens with zero attached hydrogens (tertiary/aromatic N) is 2. The van der Waals surface area contributed by atoms with Gasteiger partial charge in [0.2, 0.25) is 0 Å². The van der Waals surface area contributed by atoms with Crippen LogP contribution in [-0.4, -0.2) is 47.9 Å². The normalized spacial score (nSPS) is 18.0. The van der Waals surface area contributed by atoms with Crippen molar-refractivity contribution in [3.05, 3.63) is 64.4 Å². The van der Waals surface area contributed by atoms with Crippen LogP contribution in [0, 0.1) is 11.2 Å². The van der Waals surface area contributed by atoms with E-state index in [4.69, 9.17) is 11.6 Å². The topological polar surface area (TPSA) is 52.7 Å². The molecule has 10 heteroatoms. The molecular weight excluding hydrogens is 462 g/mol. The number of alkyl halides is 3. The minimum atomic E-state index is -4.43. The fourth-order valence-electron chi connectivity index (χ4n) is 4.51. The summed E-state index contributed by atoms with van der Waals surface area (Å²) in [5, 5.41) is 2.72. The molecule has 2 aromatic rings. The van der Waals surface area contributed by atoms with Crippen LogP contribution in [0.5, 0.6) is 0 Å². The van der Waals surface area contributed by atoms with Gasteiger partial charge in [0, 0.05) is 31.9 Å². The van der Waals surface area contributed by atoms with Crippen molar-refractivity contribution in [3.63, 3.8) is 0 Å². The molecule has 2 fully saturated rings. The van der Waals surface area contributed by atoms with Gasteiger partial charge in [0.1, 0.15) is 5.82 Å². The minimum absolute atomic E-state index is 0.0762. The SMILES string of the molecule is O=C(Nc1ccc(C(F)(F)F)cc1)N1CCC2(CCN(C(=O)c3c(F)cccc3Cl)CC2)C1. The molecule has 1 N–H and O–H groups in total. The van der Waals surface area contributed by atoms with Crippen molar-refractivity contribution in [2.24, 2.45) is 5.41 Å². The predicted molar refractivity (Wildman–Crippen MR) is 116 cm³/mol. The third kappa shape index (κ3) is 4.93. The van der Waals surface area contributed by atoms with E-state index >= 15 is 0 Å². The summed E-state index contributed by atoms with van der Waals surface area (Å²) in [5.41, 5.74) is -0.762. The second-order valence-electron chi connectivity index (χ2n) is 8.57. The van der Waals surface area contributed by atoms with Crippen LogP contribution in [0.1, 0.15) is 35.2 Å². The third-order valence-electron chi connectivity index (χ3n) is 6.48. The molecule has 2 saturated heterocycles. The number of likely N-dealkylation sites (tertiary alicyclic amines) is 2. The fraction of sp³-hybridized carbons (Fsp3) is 0.391. The van der Waals surface area contributed by atoms with Crippen LogP contribution in [-0.2, 0) is 6.18 Å². The molecule has 4 rings (SSSR count). The van der Waals surface area contributed by atoms with Crippen molar-refractivity contribution in [3.8, 4) is 0 Å². The molecule has 0 atom stereocenters. The van der Waals surface area contributed by atoms with Gasteiger partial charge in [0.05, 0.1) is 16.1 Å². The lowest BCUT2D eigenvalue weighted by molar-refractivity contribution is -0.137. The maximum atomic E-state index is 14.1. The number of anilines is 1. The van der Waals surface area contributed by atoms with Gasteiger partial charge >= 0.3 is 12.2 Å². The first kappa shape index (κ1) is 23.4. The van der Waals surface area contributed by atoms with E-state index in [2.05, 4.69) is 5.32 Å². The summed E-state index contributed by atoms with van der Waals surface area (Å²) in [6, 6.07) is 8.06. The van der Waals surface area contributed by atoms with E-state index in [-0.39, 0.29) is 27.7 Å². The van der Waals surface area contributed by atoms with Gasteiger partial charge in [-0.25, -0.2) is 9.18 Å². The Morgan fingerprint density at radius 2 is 1.55 bits per heavy atom. The van der Waals surface area contributed by atoms with Crippen LogP contribution in [0.15, 0.2) is 42.5 Å². The first-order valence-electron chi connectivity index (χ1n) is 10.5. The molecule has 2 aliphatic rings. The summed E-state index contributed by atoms with van der Waals surface area (Å²) in [6.07, 6.45) is -2.35. The maximum absolute atomic E-state index is 14.1. The summed E-state index contributed by atoms with van der Waals surface area (Å²) < 4.78 is 52.2. The molecule has 2 aliphatic heterocycles. The molecule has 0 aliphatic carbocycles. The van der Waals surface area contributed by atoms with Gasteiger partial charge in [-0.1, -0.05) is 17.7 Å². The first-order chi connectivity index (χ1) is 15.6. The van der Waals surface area contributed by atoms with Crippen LogP contribution < -0.4 is 5.32 Å². The van der Waals surface area contributed by atoms with Crippen molar-refractivity contribution in [1.82, 2.24) is 9.80 Å². The molecule has 5 nitrogen and oxygen atoms in total. The van der Waals surface area contributed by atoms with Crippen LogP contribution in [0.25, 0.3) is 0 Å². The zero-order valence-electron chi connectivity index (χ0n) is 17.6. The number of halogens is 5. The average Bonchev–Trinajstić information content (AvgIpc) is 3.17. The summed E-state index contributed by atoms with van der Waals surface area (Å²) in [4.78, 5) is 28.6. The maximum Gasteiger partial charge on any atom is 0.416 e. The largest absolute Gasteiger partial charge is 0.416 e. The van der Waals surface area contributed by atoms with Gasteiger partial charge < -0.3 is 15.1 Å².